The summed E-state index contributed by atoms with van der Waals surface area (Å²) in [6.07, 6.45) is -0.703. The molecular formula is C16H10BrN5O2S. The van der Waals surface area contributed by atoms with Crippen molar-refractivity contribution in [2.75, 3.05) is 10.6 Å². The van der Waals surface area contributed by atoms with Gasteiger partial charge in [0.1, 0.15) is 10.4 Å². The third-order valence-electron chi connectivity index (χ3n) is 2.92. The lowest BCUT2D eigenvalue weighted by molar-refractivity contribution is 0.214. The summed E-state index contributed by atoms with van der Waals surface area (Å²) in [6.45, 7) is 0. The molecule has 124 valence electrons. The maximum absolute atomic E-state index is 12.0. The Kier molecular flexibility index (Phi) is 5.23. The highest BCUT2D eigenvalue weighted by molar-refractivity contribution is 9.10. The number of nitrogens with zero attached hydrogens (tertiary/aromatic N) is 3. The van der Waals surface area contributed by atoms with E-state index in [1.165, 1.54) is 11.3 Å². The van der Waals surface area contributed by atoms with Crippen LogP contribution in [-0.4, -0.2) is 16.1 Å². The SMILES string of the molecule is N#Cc1cccc(Nc2scnc2OC(=O)Nc2cccc(Br)n2)c1. The smallest absolute Gasteiger partial charge is 0.388 e. The predicted octanol–water partition coefficient (Wildman–Crippen LogP) is 4.53. The second-order valence-corrected chi connectivity index (χ2v) is 6.33. The maximum atomic E-state index is 12.0. The fourth-order valence-corrected chi connectivity index (χ4v) is 2.85. The molecule has 3 aromatic rings. The zero-order valence-corrected chi connectivity index (χ0v) is 15.0. The molecule has 0 aliphatic rings. The standard InChI is InChI=1S/C16H10BrN5O2S/c17-12-5-2-6-13(21-12)22-16(23)24-14-15(25-9-19-14)20-11-4-1-3-10(7-11)8-18/h1-7,9,20H,(H,21,22,23). The van der Waals surface area contributed by atoms with E-state index in [0.717, 1.165) is 0 Å². The van der Waals surface area contributed by atoms with Crippen LogP contribution in [0.3, 0.4) is 0 Å². The fraction of sp³-hybridized carbons (Fsp3) is 0. The van der Waals surface area contributed by atoms with Gasteiger partial charge < -0.3 is 10.1 Å². The van der Waals surface area contributed by atoms with Gasteiger partial charge in [0.2, 0.25) is 0 Å². The van der Waals surface area contributed by atoms with E-state index in [0.29, 0.717) is 26.7 Å². The molecule has 0 radical (unpaired) electrons. The van der Waals surface area contributed by atoms with E-state index in [2.05, 4.69) is 42.6 Å². The Morgan fingerprint density at radius 1 is 1.28 bits per heavy atom. The van der Waals surface area contributed by atoms with Gasteiger partial charge in [-0.15, -0.1) is 11.3 Å². The van der Waals surface area contributed by atoms with Crippen LogP contribution in [-0.2, 0) is 0 Å². The average molecular weight is 416 g/mol. The minimum atomic E-state index is -0.703. The summed E-state index contributed by atoms with van der Waals surface area (Å²) >= 11 is 4.50. The summed E-state index contributed by atoms with van der Waals surface area (Å²) in [4.78, 5) is 20.1. The normalized spacial score (nSPS) is 9.92. The molecule has 0 bridgehead atoms. The molecule has 0 atom stereocenters. The Balaban J connectivity index is 1.69. The van der Waals surface area contributed by atoms with Crippen molar-refractivity contribution in [2.45, 2.75) is 0 Å². The van der Waals surface area contributed by atoms with Gasteiger partial charge >= 0.3 is 6.09 Å². The van der Waals surface area contributed by atoms with Gasteiger partial charge in [-0.05, 0) is 46.3 Å². The van der Waals surface area contributed by atoms with Crippen LogP contribution >= 0.6 is 27.3 Å². The van der Waals surface area contributed by atoms with E-state index < -0.39 is 6.09 Å². The number of aromatic nitrogens is 2. The summed E-state index contributed by atoms with van der Waals surface area (Å²) in [5.74, 6) is 0.491. The van der Waals surface area contributed by atoms with Crippen molar-refractivity contribution in [2.24, 2.45) is 0 Å². The number of hydrogen-bond acceptors (Lipinski definition) is 7. The number of rotatable bonds is 4. The first kappa shape index (κ1) is 16.9. The van der Waals surface area contributed by atoms with Gasteiger partial charge in [-0.3, -0.25) is 5.32 Å². The van der Waals surface area contributed by atoms with Gasteiger partial charge in [-0.1, -0.05) is 12.1 Å². The Morgan fingerprint density at radius 3 is 2.92 bits per heavy atom. The number of anilines is 3. The number of nitrogens with one attached hydrogen (secondary N) is 2. The Morgan fingerprint density at radius 2 is 2.12 bits per heavy atom. The highest BCUT2D eigenvalue weighted by Crippen LogP contribution is 2.31. The first-order valence-corrected chi connectivity index (χ1v) is 8.63. The lowest BCUT2D eigenvalue weighted by atomic mass is 10.2. The topological polar surface area (TPSA) is 99.9 Å². The first-order chi connectivity index (χ1) is 12.1. The van der Waals surface area contributed by atoms with E-state index in [1.807, 2.05) is 0 Å². The van der Waals surface area contributed by atoms with Crippen LogP contribution in [0.1, 0.15) is 5.56 Å². The quantitative estimate of drug-likeness (QED) is 0.607. The van der Waals surface area contributed by atoms with Crippen LogP contribution < -0.4 is 15.4 Å². The van der Waals surface area contributed by atoms with Crippen LogP contribution in [0.25, 0.3) is 0 Å². The van der Waals surface area contributed by atoms with Crippen LogP contribution in [0.4, 0.5) is 21.3 Å². The third-order valence-corrected chi connectivity index (χ3v) is 4.08. The molecule has 0 aliphatic heterocycles. The van der Waals surface area contributed by atoms with Crippen LogP contribution in [0.5, 0.6) is 5.88 Å². The maximum Gasteiger partial charge on any atom is 0.419 e. The van der Waals surface area contributed by atoms with E-state index in [1.54, 1.807) is 48.0 Å². The zero-order chi connectivity index (χ0) is 17.6. The molecule has 0 unspecified atom stereocenters. The zero-order valence-electron chi connectivity index (χ0n) is 12.6. The lowest BCUT2D eigenvalue weighted by Gasteiger charge is -2.08. The average Bonchev–Trinajstić information content (AvgIpc) is 3.01. The molecule has 0 saturated carbocycles. The Labute approximate surface area is 155 Å². The van der Waals surface area contributed by atoms with Crippen LogP contribution in [0.15, 0.2) is 52.6 Å². The van der Waals surface area contributed by atoms with Gasteiger partial charge in [0.15, 0.2) is 5.00 Å². The minimum Gasteiger partial charge on any atom is -0.388 e. The third kappa shape index (κ3) is 4.53. The molecule has 2 N–H and O–H groups in total. The van der Waals surface area contributed by atoms with Crippen molar-refractivity contribution in [3.63, 3.8) is 0 Å². The number of amides is 1. The molecular weight excluding hydrogens is 406 g/mol. The van der Waals surface area contributed by atoms with Crippen molar-refractivity contribution in [3.05, 3.63) is 58.1 Å². The number of nitriles is 1. The number of carbonyl (C=O) groups excluding carboxylic acids is 1. The van der Waals surface area contributed by atoms with E-state index >= 15 is 0 Å². The molecule has 0 fully saturated rings. The lowest BCUT2D eigenvalue weighted by Crippen LogP contribution is -2.18. The second-order valence-electron chi connectivity index (χ2n) is 4.66. The summed E-state index contributed by atoms with van der Waals surface area (Å²) in [5, 5.41) is 15.1. The number of hydrogen-bond donors (Lipinski definition) is 2. The second kappa shape index (κ2) is 7.74. The summed E-state index contributed by atoms with van der Waals surface area (Å²) < 4.78 is 5.82. The number of ether oxygens (including phenoxy) is 1. The molecule has 3 rings (SSSR count). The van der Waals surface area contributed by atoms with Crippen LogP contribution in [0.2, 0.25) is 0 Å². The molecule has 1 aromatic carbocycles. The number of benzene rings is 1. The number of thiazole rings is 1. The monoisotopic (exact) mass is 415 g/mol. The molecule has 25 heavy (non-hydrogen) atoms. The number of carbonyl (C=O) groups is 1. The molecule has 7 nitrogen and oxygen atoms in total. The summed E-state index contributed by atoms with van der Waals surface area (Å²) in [7, 11) is 0. The van der Waals surface area contributed by atoms with Crippen LogP contribution in [0, 0.1) is 11.3 Å². The molecule has 2 heterocycles. The summed E-state index contributed by atoms with van der Waals surface area (Å²) in [5.41, 5.74) is 2.77. The van der Waals surface area contributed by atoms with Gasteiger partial charge in [0.05, 0.1) is 17.1 Å². The van der Waals surface area contributed by atoms with Crippen molar-refractivity contribution in [1.82, 2.24) is 9.97 Å². The molecule has 2 aromatic heterocycles. The van der Waals surface area contributed by atoms with Crippen molar-refractivity contribution < 1.29 is 9.53 Å². The largest absolute Gasteiger partial charge is 0.419 e. The Hall–Kier alpha value is -2.96. The summed E-state index contributed by atoms with van der Waals surface area (Å²) in [6, 6.07) is 14.1. The molecule has 9 heteroatoms. The highest BCUT2D eigenvalue weighted by Gasteiger charge is 2.13. The van der Waals surface area contributed by atoms with Gasteiger partial charge in [-0.2, -0.15) is 5.26 Å². The van der Waals surface area contributed by atoms with Gasteiger partial charge in [0, 0.05) is 5.69 Å². The minimum absolute atomic E-state index is 0.139. The van der Waals surface area contributed by atoms with Gasteiger partial charge in [0.25, 0.3) is 5.88 Å². The van der Waals surface area contributed by atoms with Crippen molar-refractivity contribution in [3.8, 4) is 11.9 Å². The van der Waals surface area contributed by atoms with E-state index in [4.69, 9.17) is 10.00 Å². The fourth-order valence-electron chi connectivity index (χ4n) is 1.88. The van der Waals surface area contributed by atoms with Crippen molar-refractivity contribution in [1.29, 1.82) is 5.26 Å². The molecule has 0 saturated heterocycles. The highest BCUT2D eigenvalue weighted by atomic mass is 79.9. The van der Waals surface area contributed by atoms with Crippen molar-refractivity contribution >= 4 is 49.9 Å². The molecule has 0 spiro atoms. The number of pyridine rings is 1. The van der Waals surface area contributed by atoms with E-state index in [-0.39, 0.29) is 5.88 Å². The van der Waals surface area contributed by atoms with Gasteiger partial charge in [-0.25, -0.2) is 14.8 Å². The first-order valence-electron chi connectivity index (χ1n) is 6.96. The molecule has 1 amide bonds. The predicted molar refractivity (Wildman–Crippen MR) is 98.1 cm³/mol. The van der Waals surface area contributed by atoms with E-state index in [9.17, 15) is 4.79 Å². The number of halogens is 1. The molecule has 0 aliphatic carbocycles. The Bertz CT molecular complexity index is 953.